The van der Waals surface area contributed by atoms with Crippen LogP contribution in [0.1, 0.15) is 28.7 Å². The molecule has 18 nitrogen and oxygen atoms in total. The van der Waals surface area contributed by atoms with Crippen LogP contribution in [0.3, 0.4) is 0 Å². The van der Waals surface area contributed by atoms with E-state index in [-0.39, 0.29) is 13.4 Å². The molecule has 5 aliphatic rings. The van der Waals surface area contributed by atoms with Crippen molar-refractivity contribution in [1.82, 2.24) is 0 Å². The van der Waals surface area contributed by atoms with E-state index in [1.165, 1.54) is 21.3 Å². The SMILES string of the molecule is COc1cc([C@@H]2c3cc4c(cc3[C@@H](O[C@@H]3O[C@@H](CO[C@@H]5O[C@@H](CO)[C@H](O)[C@H](O)[C@H]5O)[C@@H](O)[C@H](O)[C@H]3O)[C@H]3COC(=O)[C@H]23)OCO4)cc(OC)c1OC. The summed E-state index contributed by atoms with van der Waals surface area (Å²) in [5.41, 5.74) is 1.80. The van der Waals surface area contributed by atoms with Crippen LogP contribution in [0.2, 0.25) is 0 Å². The Hall–Kier alpha value is -3.53. The quantitative estimate of drug-likeness (QED) is 0.131. The van der Waals surface area contributed by atoms with Gasteiger partial charge in [-0.25, -0.2) is 0 Å². The van der Waals surface area contributed by atoms with Crippen LogP contribution in [-0.2, 0) is 28.5 Å². The largest absolute Gasteiger partial charge is 0.493 e. The standard InChI is InChI=1S/C34H42O18/c1-43-18-4-12(5-19(44-2)31(18)45-3)22-13-6-16-17(49-11-48-16)7-14(13)30(15-9-46-32(42)23(15)22)52-34-29(41)27(39)25(37)21(51-34)10-47-33-28(40)26(38)24(36)20(8-35)50-33/h4-7,15,20-30,33-41H,8-11H2,1-3H3/t15-,20-,21-,22+,23-,24-,25+,26-,27-,28+,29+,30+,33+,34-/m0/s1. The highest BCUT2D eigenvalue weighted by Crippen LogP contribution is 2.57. The summed E-state index contributed by atoms with van der Waals surface area (Å²) in [5.74, 6) is -0.711. The van der Waals surface area contributed by atoms with Gasteiger partial charge >= 0.3 is 5.97 Å². The molecule has 0 radical (unpaired) electrons. The predicted octanol–water partition coefficient (Wildman–Crippen LogP) is -1.94. The van der Waals surface area contributed by atoms with Crippen molar-refractivity contribution in [2.24, 2.45) is 11.8 Å². The number of benzene rings is 2. The lowest BCUT2D eigenvalue weighted by molar-refractivity contribution is -0.339. The monoisotopic (exact) mass is 738 g/mol. The maximum Gasteiger partial charge on any atom is 0.310 e. The van der Waals surface area contributed by atoms with Crippen LogP contribution in [0.15, 0.2) is 24.3 Å². The first-order valence-electron chi connectivity index (χ1n) is 16.7. The number of fused-ring (bicyclic) bond motifs is 3. The fraction of sp³-hybridized carbons (Fsp3) is 0.618. The Labute approximate surface area is 296 Å². The first kappa shape index (κ1) is 36.8. The van der Waals surface area contributed by atoms with Crippen LogP contribution in [0, 0.1) is 11.8 Å². The highest BCUT2D eigenvalue weighted by molar-refractivity contribution is 5.79. The molecule has 0 unspecified atom stereocenters. The van der Waals surface area contributed by atoms with Gasteiger partial charge in [-0.2, -0.15) is 0 Å². The first-order valence-corrected chi connectivity index (χ1v) is 16.7. The number of aliphatic hydroxyl groups is 7. The predicted molar refractivity (Wildman–Crippen MR) is 169 cm³/mol. The summed E-state index contributed by atoms with van der Waals surface area (Å²) in [7, 11) is 4.44. The summed E-state index contributed by atoms with van der Waals surface area (Å²) in [6, 6.07) is 6.95. The second-order valence-corrected chi connectivity index (χ2v) is 13.2. The maximum absolute atomic E-state index is 13.6. The molecule has 0 spiro atoms. The zero-order chi connectivity index (χ0) is 37.0. The molecule has 18 heteroatoms. The topological polar surface area (TPSA) is 251 Å². The third-order valence-electron chi connectivity index (χ3n) is 10.4. The van der Waals surface area contributed by atoms with E-state index in [4.69, 9.17) is 47.4 Å². The van der Waals surface area contributed by atoms with Gasteiger partial charge < -0.3 is 83.1 Å². The van der Waals surface area contributed by atoms with Crippen LogP contribution in [-0.4, -0.2) is 151 Å². The van der Waals surface area contributed by atoms with Crippen LogP contribution in [0.25, 0.3) is 0 Å². The van der Waals surface area contributed by atoms with Gasteiger partial charge in [0.05, 0.1) is 53.2 Å². The van der Waals surface area contributed by atoms with E-state index < -0.39 is 104 Å². The van der Waals surface area contributed by atoms with Crippen LogP contribution >= 0.6 is 0 Å². The van der Waals surface area contributed by atoms with Gasteiger partial charge in [0.2, 0.25) is 12.5 Å². The summed E-state index contributed by atoms with van der Waals surface area (Å²) in [5, 5.41) is 73.0. The minimum absolute atomic E-state index is 0.0435. The van der Waals surface area contributed by atoms with Crippen molar-refractivity contribution >= 4 is 5.97 Å². The molecule has 0 bridgehead atoms. The van der Waals surface area contributed by atoms with Gasteiger partial charge in [0, 0.05) is 11.8 Å². The Morgan fingerprint density at radius 2 is 1.31 bits per heavy atom. The van der Waals surface area contributed by atoms with Crippen LogP contribution in [0.5, 0.6) is 28.7 Å². The van der Waals surface area contributed by atoms with Crippen molar-refractivity contribution in [2.75, 3.05) is 47.9 Å². The minimum atomic E-state index is -1.80. The molecule has 3 fully saturated rings. The van der Waals surface area contributed by atoms with Gasteiger partial charge in [0.15, 0.2) is 35.6 Å². The molecule has 2 aromatic carbocycles. The van der Waals surface area contributed by atoms with Gasteiger partial charge in [-0.05, 0) is 41.0 Å². The Balaban J connectivity index is 1.21. The Bertz CT molecular complexity index is 1590. The van der Waals surface area contributed by atoms with Crippen LogP contribution in [0.4, 0.5) is 0 Å². The Morgan fingerprint density at radius 1 is 0.712 bits per heavy atom. The maximum atomic E-state index is 13.6. The second-order valence-electron chi connectivity index (χ2n) is 13.2. The van der Waals surface area contributed by atoms with Gasteiger partial charge in [0.1, 0.15) is 48.8 Å². The van der Waals surface area contributed by atoms with Crippen molar-refractivity contribution < 1.29 is 87.9 Å². The fourth-order valence-corrected chi connectivity index (χ4v) is 7.67. The summed E-state index contributed by atoms with van der Waals surface area (Å²) in [4.78, 5) is 13.6. The van der Waals surface area contributed by atoms with Gasteiger partial charge in [-0.15, -0.1) is 0 Å². The molecule has 7 rings (SSSR count). The fourth-order valence-electron chi connectivity index (χ4n) is 7.67. The molecule has 3 saturated heterocycles. The van der Waals surface area contributed by atoms with E-state index >= 15 is 0 Å². The molecule has 14 atom stereocenters. The first-order chi connectivity index (χ1) is 25.0. The molecule has 4 heterocycles. The number of esters is 1. The smallest absolute Gasteiger partial charge is 0.310 e. The van der Waals surface area contributed by atoms with Gasteiger partial charge in [-0.3, -0.25) is 4.79 Å². The molecular formula is C34H42O18. The number of methoxy groups -OCH3 is 3. The molecule has 1 aliphatic carbocycles. The Kier molecular flexibility index (Phi) is 10.4. The lowest BCUT2D eigenvalue weighted by Gasteiger charge is -2.45. The average Bonchev–Trinajstić information content (AvgIpc) is 3.78. The summed E-state index contributed by atoms with van der Waals surface area (Å²) < 4.78 is 57.1. The zero-order valence-electron chi connectivity index (χ0n) is 28.3. The van der Waals surface area contributed by atoms with E-state index in [0.717, 1.165) is 0 Å². The summed E-state index contributed by atoms with van der Waals surface area (Å²) in [6.07, 6.45) is -17.1. The number of carbonyl (C=O) groups excluding carboxylic acids is 1. The molecule has 0 saturated carbocycles. The molecule has 286 valence electrons. The van der Waals surface area contributed by atoms with E-state index in [9.17, 15) is 40.5 Å². The van der Waals surface area contributed by atoms with E-state index in [0.29, 0.717) is 45.4 Å². The number of cyclic esters (lactones) is 1. The molecule has 7 N–H and O–H groups in total. The molecule has 4 aliphatic heterocycles. The van der Waals surface area contributed by atoms with E-state index in [1.807, 2.05) is 0 Å². The summed E-state index contributed by atoms with van der Waals surface area (Å²) >= 11 is 0. The lowest BCUT2D eigenvalue weighted by Crippen LogP contribution is -2.62. The minimum Gasteiger partial charge on any atom is -0.493 e. The number of hydrogen-bond donors (Lipinski definition) is 7. The van der Waals surface area contributed by atoms with E-state index in [1.54, 1.807) is 24.3 Å². The number of ether oxygens (including phenoxy) is 10. The average molecular weight is 739 g/mol. The third-order valence-corrected chi connectivity index (χ3v) is 10.4. The van der Waals surface area contributed by atoms with Gasteiger partial charge in [0.25, 0.3) is 0 Å². The Morgan fingerprint density at radius 3 is 1.92 bits per heavy atom. The number of hydrogen-bond acceptors (Lipinski definition) is 18. The molecule has 2 aromatic rings. The molecule has 0 aromatic heterocycles. The van der Waals surface area contributed by atoms with Crippen molar-refractivity contribution in [3.8, 4) is 28.7 Å². The molecule has 0 amide bonds. The van der Waals surface area contributed by atoms with E-state index in [2.05, 4.69) is 0 Å². The zero-order valence-corrected chi connectivity index (χ0v) is 28.3. The van der Waals surface area contributed by atoms with Crippen molar-refractivity contribution in [1.29, 1.82) is 0 Å². The normalized spacial score (nSPS) is 37.9. The van der Waals surface area contributed by atoms with Crippen molar-refractivity contribution in [3.05, 3.63) is 41.0 Å². The highest BCUT2D eigenvalue weighted by Gasteiger charge is 2.55. The lowest BCUT2D eigenvalue weighted by atomic mass is 9.66. The number of carbonyl (C=O) groups is 1. The number of rotatable bonds is 10. The summed E-state index contributed by atoms with van der Waals surface area (Å²) in [6.45, 7) is -1.35. The molecule has 52 heavy (non-hydrogen) atoms. The van der Waals surface area contributed by atoms with Crippen molar-refractivity contribution in [2.45, 2.75) is 73.4 Å². The van der Waals surface area contributed by atoms with Gasteiger partial charge in [-0.1, -0.05) is 0 Å². The highest BCUT2D eigenvalue weighted by atomic mass is 16.7. The second kappa shape index (κ2) is 14.7. The van der Waals surface area contributed by atoms with Crippen LogP contribution < -0.4 is 23.7 Å². The third kappa shape index (κ3) is 6.20. The van der Waals surface area contributed by atoms with Crippen molar-refractivity contribution in [3.63, 3.8) is 0 Å². The molecular weight excluding hydrogens is 696 g/mol. The number of aliphatic hydroxyl groups excluding tert-OH is 7.